The predicted molar refractivity (Wildman–Crippen MR) is 224 cm³/mol. The monoisotopic (exact) mass is 783 g/mol. The second-order valence-electron chi connectivity index (χ2n) is 15.4. The fourth-order valence-corrected chi connectivity index (χ4v) is 9.94. The molecule has 10 heteroatoms. The van der Waals surface area contributed by atoms with Gasteiger partial charge in [-0.2, -0.15) is 4.58 Å². The Morgan fingerprint density at radius 2 is 1.14 bits per heavy atom. The molecule has 0 aromatic heterocycles. The van der Waals surface area contributed by atoms with E-state index in [1.54, 1.807) is 0 Å². The van der Waals surface area contributed by atoms with Crippen molar-refractivity contribution in [2.75, 3.05) is 19.0 Å². The number of benzene rings is 6. The van der Waals surface area contributed by atoms with Gasteiger partial charge in [0.1, 0.15) is 27.3 Å². The Morgan fingerprint density at radius 1 is 0.643 bits per heavy atom. The van der Waals surface area contributed by atoms with E-state index in [9.17, 15) is 25.9 Å². The number of nitrogens with zero attached hydrogens (tertiary/aromatic N) is 2. The first-order valence-electron chi connectivity index (χ1n) is 18.2. The van der Waals surface area contributed by atoms with Gasteiger partial charge in [0.15, 0.2) is 5.71 Å². The average Bonchev–Trinajstić information content (AvgIpc) is 3.48. The molecule has 8 nitrogen and oxygen atoms in total. The SMILES string of the molecule is CC(C=CC1=[N+](C)c2ccc3ccccc3c2C1(C)C)=CC=C1N(C)c2ccc3ccccc3c2C1(C)C.O=S(=O)([O-])c1cccc2c(S(=O)(=O)[O-])cccc12. The third-order valence-electron chi connectivity index (χ3n) is 11.2. The number of hydrogen-bond donors (Lipinski definition) is 0. The van der Waals surface area contributed by atoms with Crippen LogP contribution in [0.2, 0.25) is 0 Å². The van der Waals surface area contributed by atoms with Crippen molar-refractivity contribution in [3.8, 4) is 0 Å². The largest absolute Gasteiger partial charge is 0.744 e. The molecule has 2 aliphatic heterocycles. The van der Waals surface area contributed by atoms with Crippen molar-refractivity contribution in [1.82, 2.24) is 0 Å². The summed E-state index contributed by atoms with van der Waals surface area (Å²) in [5.41, 5.74) is 9.17. The van der Waals surface area contributed by atoms with Gasteiger partial charge in [-0.15, -0.1) is 0 Å². The summed E-state index contributed by atoms with van der Waals surface area (Å²) in [7, 11) is -5.09. The highest BCUT2D eigenvalue weighted by Crippen LogP contribution is 2.50. The topological polar surface area (TPSA) is 121 Å². The molecular formula is C46H43N2O6S2-. The lowest BCUT2D eigenvalue weighted by Gasteiger charge is -2.24. The molecule has 0 unspecified atom stereocenters. The van der Waals surface area contributed by atoms with Gasteiger partial charge in [0.25, 0.3) is 0 Å². The highest BCUT2D eigenvalue weighted by Gasteiger charge is 2.44. The van der Waals surface area contributed by atoms with Crippen LogP contribution in [0.25, 0.3) is 32.3 Å². The van der Waals surface area contributed by atoms with Gasteiger partial charge in [-0.05, 0) is 78.2 Å². The second-order valence-corrected chi connectivity index (χ2v) is 18.1. The zero-order valence-electron chi connectivity index (χ0n) is 32.4. The molecule has 286 valence electrons. The number of anilines is 1. The average molecular weight is 784 g/mol. The number of hydrogen-bond acceptors (Lipinski definition) is 7. The maximum Gasteiger partial charge on any atom is 0.210 e. The quantitative estimate of drug-likeness (QED) is 0.0971. The van der Waals surface area contributed by atoms with E-state index in [0.717, 1.165) is 12.1 Å². The molecule has 0 amide bonds. The Morgan fingerprint density at radius 3 is 1.70 bits per heavy atom. The van der Waals surface area contributed by atoms with E-state index in [-0.39, 0.29) is 21.6 Å². The van der Waals surface area contributed by atoms with E-state index in [4.69, 9.17) is 0 Å². The predicted octanol–water partition coefficient (Wildman–Crippen LogP) is 9.46. The molecule has 0 aliphatic carbocycles. The highest BCUT2D eigenvalue weighted by atomic mass is 32.2. The number of likely N-dealkylation sites (N-methyl/N-ethyl adjacent to an activating group) is 1. The molecule has 2 aliphatic rings. The summed E-state index contributed by atoms with van der Waals surface area (Å²) in [5.74, 6) is 0. The third kappa shape index (κ3) is 6.66. The van der Waals surface area contributed by atoms with Crippen molar-refractivity contribution in [1.29, 1.82) is 0 Å². The zero-order valence-corrected chi connectivity index (χ0v) is 34.0. The Bertz CT molecular complexity index is 2880. The molecule has 0 fully saturated rings. The van der Waals surface area contributed by atoms with E-state index in [1.165, 1.54) is 85.3 Å². The van der Waals surface area contributed by atoms with Gasteiger partial charge in [-0.3, -0.25) is 0 Å². The normalized spacial score (nSPS) is 17.2. The minimum absolute atomic E-state index is 0.0729. The van der Waals surface area contributed by atoms with Crippen molar-refractivity contribution < 1.29 is 30.5 Å². The number of rotatable bonds is 5. The van der Waals surface area contributed by atoms with Crippen LogP contribution in [0.4, 0.5) is 11.4 Å². The van der Waals surface area contributed by atoms with Crippen LogP contribution in [0.1, 0.15) is 45.7 Å². The molecule has 8 rings (SSSR count). The van der Waals surface area contributed by atoms with Gasteiger partial charge < -0.3 is 14.0 Å². The Labute approximate surface area is 328 Å². The smallest absolute Gasteiger partial charge is 0.210 e. The summed E-state index contributed by atoms with van der Waals surface area (Å²) in [6.07, 6.45) is 9.15. The van der Waals surface area contributed by atoms with Crippen LogP contribution in [0.3, 0.4) is 0 Å². The second kappa shape index (κ2) is 14.0. The molecule has 0 saturated carbocycles. The Kier molecular flexibility index (Phi) is 9.69. The molecule has 56 heavy (non-hydrogen) atoms. The molecule has 6 aromatic rings. The van der Waals surface area contributed by atoms with Crippen LogP contribution in [0.5, 0.6) is 0 Å². The molecular weight excluding hydrogens is 741 g/mol. The first-order valence-corrected chi connectivity index (χ1v) is 21.0. The summed E-state index contributed by atoms with van der Waals surface area (Å²) < 4.78 is 68.5. The summed E-state index contributed by atoms with van der Waals surface area (Å²) in [6.45, 7) is 11.6. The lowest BCUT2D eigenvalue weighted by molar-refractivity contribution is -0.401. The molecule has 0 radical (unpaired) electrons. The lowest BCUT2D eigenvalue weighted by atomic mass is 9.79. The van der Waals surface area contributed by atoms with Crippen LogP contribution in [0.15, 0.2) is 155 Å². The van der Waals surface area contributed by atoms with Gasteiger partial charge in [-0.25, -0.2) is 16.8 Å². The van der Waals surface area contributed by atoms with Crippen molar-refractivity contribution in [3.63, 3.8) is 0 Å². The standard InChI is InChI=1S/C36H37N2.C10H8O6S2/c1-24(16-22-31-35(2,3)33-27-14-10-8-12-25(27)18-20-29(33)37(31)6)17-23-32-36(4,5)34-28-15-11-9-13-26(28)19-21-30(34)38(32)7;11-17(12,13)9-5-1-3-7-8(9)4-2-6-10(7)18(14,15)16/h8-23H,1-7H3;1-6H,(H,11,12,13)(H,14,15,16)/q+1;/p-2. The van der Waals surface area contributed by atoms with Crippen LogP contribution >= 0.6 is 0 Å². The minimum atomic E-state index is -4.74. The highest BCUT2D eigenvalue weighted by molar-refractivity contribution is 7.86. The van der Waals surface area contributed by atoms with Crippen LogP contribution in [0, 0.1) is 0 Å². The maximum atomic E-state index is 11.0. The van der Waals surface area contributed by atoms with Crippen LogP contribution < -0.4 is 4.90 Å². The van der Waals surface area contributed by atoms with Gasteiger partial charge in [0.2, 0.25) is 5.69 Å². The van der Waals surface area contributed by atoms with Crippen molar-refractivity contribution in [2.24, 2.45) is 0 Å². The number of fused-ring (bicyclic) bond motifs is 7. The van der Waals surface area contributed by atoms with Gasteiger partial charge in [0.05, 0.1) is 15.2 Å². The molecule has 2 heterocycles. The van der Waals surface area contributed by atoms with Gasteiger partial charge >= 0.3 is 0 Å². The number of allylic oxidation sites excluding steroid dienone is 6. The van der Waals surface area contributed by atoms with Crippen LogP contribution in [-0.4, -0.2) is 50.3 Å². The Hall–Kier alpha value is -5.39. The summed E-state index contributed by atoms with van der Waals surface area (Å²) in [5, 5.41) is 5.14. The van der Waals surface area contributed by atoms with Crippen molar-refractivity contribution in [3.05, 3.63) is 156 Å². The molecule has 0 bridgehead atoms. The molecule has 0 N–H and O–H groups in total. The van der Waals surface area contributed by atoms with Crippen LogP contribution in [-0.2, 0) is 31.1 Å². The van der Waals surface area contributed by atoms with Gasteiger partial charge in [-0.1, -0.05) is 110 Å². The third-order valence-corrected chi connectivity index (χ3v) is 13.0. The first kappa shape index (κ1) is 38.9. The maximum absolute atomic E-state index is 11.0. The summed E-state index contributed by atoms with van der Waals surface area (Å²) in [6, 6.07) is 33.6. The minimum Gasteiger partial charge on any atom is -0.744 e. The molecule has 0 spiro atoms. The van der Waals surface area contributed by atoms with E-state index < -0.39 is 30.0 Å². The summed E-state index contributed by atoms with van der Waals surface area (Å²) >= 11 is 0. The molecule has 6 aromatic carbocycles. The van der Waals surface area contributed by atoms with Gasteiger partial charge in [0, 0.05) is 52.3 Å². The zero-order chi connectivity index (χ0) is 40.4. The van der Waals surface area contributed by atoms with Crippen molar-refractivity contribution in [2.45, 2.75) is 55.2 Å². The first-order chi connectivity index (χ1) is 26.3. The lowest BCUT2D eigenvalue weighted by Crippen LogP contribution is -2.26. The molecule has 0 atom stereocenters. The fraction of sp³-hybridized carbons (Fsp3) is 0.196. The van der Waals surface area contributed by atoms with E-state index in [2.05, 4.69) is 155 Å². The fourth-order valence-electron chi connectivity index (χ4n) is 8.55. The van der Waals surface area contributed by atoms with E-state index in [1.807, 2.05) is 0 Å². The van der Waals surface area contributed by atoms with E-state index in [0.29, 0.717) is 0 Å². The van der Waals surface area contributed by atoms with Crippen molar-refractivity contribution >= 4 is 69.6 Å². The van der Waals surface area contributed by atoms with E-state index >= 15 is 0 Å². The summed E-state index contributed by atoms with van der Waals surface area (Å²) in [4.78, 5) is 1.26. The molecule has 0 saturated heterocycles. The Balaban J connectivity index is 0.000000224.